The summed E-state index contributed by atoms with van der Waals surface area (Å²) in [6, 6.07) is 19.7. The minimum atomic E-state index is -0.106. The van der Waals surface area contributed by atoms with Crippen LogP contribution < -0.4 is 4.90 Å². The van der Waals surface area contributed by atoms with Crippen LogP contribution in [0.5, 0.6) is 0 Å². The molecule has 7 nitrogen and oxygen atoms in total. The molecule has 0 aliphatic carbocycles. The van der Waals surface area contributed by atoms with E-state index in [9.17, 15) is 4.79 Å². The number of benzene rings is 2. The summed E-state index contributed by atoms with van der Waals surface area (Å²) in [7, 11) is 0. The Morgan fingerprint density at radius 3 is 2.14 bits per heavy atom. The van der Waals surface area contributed by atoms with E-state index in [4.69, 9.17) is 0 Å². The zero-order valence-electron chi connectivity index (χ0n) is 15.6. The maximum Gasteiger partial charge on any atom is 0.255 e. The van der Waals surface area contributed by atoms with Crippen molar-refractivity contribution in [1.29, 1.82) is 0 Å². The molecule has 29 heavy (non-hydrogen) atoms. The number of carbonyl (C=O) groups is 1. The number of nitrogens with zero attached hydrogens (tertiary/aromatic N) is 6. The van der Waals surface area contributed by atoms with Crippen LogP contribution in [-0.4, -0.2) is 31.1 Å². The van der Waals surface area contributed by atoms with E-state index in [-0.39, 0.29) is 12.5 Å². The molecular weight excluding hydrogens is 364 g/mol. The van der Waals surface area contributed by atoms with Crippen molar-refractivity contribution in [3.8, 4) is 11.4 Å². The molecule has 0 unspecified atom stereocenters. The van der Waals surface area contributed by atoms with Gasteiger partial charge in [-0.25, -0.2) is 0 Å². The summed E-state index contributed by atoms with van der Waals surface area (Å²) < 4.78 is 0. The smallest absolute Gasteiger partial charge is 0.255 e. The quantitative estimate of drug-likeness (QED) is 0.544. The molecule has 1 aliphatic rings. The number of para-hydroxylation sites is 2. The largest absolute Gasteiger partial charge is 0.279 e. The number of pyridine rings is 1. The summed E-state index contributed by atoms with van der Waals surface area (Å²) in [6.07, 6.45) is 5.13. The van der Waals surface area contributed by atoms with Gasteiger partial charge in [-0.1, -0.05) is 36.4 Å². The van der Waals surface area contributed by atoms with Crippen LogP contribution in [0.25, 0.3) is 11.4 Å². The van der Waals surface area contributed by atoms with Gasteiger partial charge in [0.25, 0.3) is 5.91 Å². The highest BCUT2D eigenvalue weighted by molar-refractivity contribution is 6.02. The van der Waals surface area contributed by atoms with Crippen molar-refractivity contribution in [2.75, 3.05) is 4.90 Å². The molecule has 1 aliphatic heterocycles. The molecule has 0 saturated carbocycles. The average Bonchev–Trinajstić information content (AvgIpc) is 3.16. The molecule has 5 rings (SSSR count). The topological polar surface area (TPSA) is 76.8 Å². The molecule has 0 bridgehead atoms. The van der Waals surface area contributed by atoms with Crippen LogP contribution in [0.2, 0.25) is 0 Å². The first-order valence-corrected chi connectivity index (χ1v) is 9.46. The van der Waals surface area contributed by atoms with Crippen LogP contribution in [0.3, 0.4) is 0 Å². The summed E-state index contributed by atoms with van der Waals surface area (Å²) >= 11 is 0. The third-order valence-corrected chi connectivity index (χ3v) is 5.05. The number of rotatable bonds is 3. The molecule has 2 aromatic carbocycles. The van der Waals surface area contributed by atoms with Gasteiger partial charge in [-0.15, -0.1) is 10.2 Å². The van der Waals surface area contributed by atoms with E-state index in [1.54, 1.807) is 17.3 Å². The first-order valence-electron chi connectivity index (χ1n) is 9.46. The van der Waals surface area contributed by atoms with Crippen LogP contribution in [0.15, 0.2) is 73.1 Å². The lowest BCUT2D eigenvalue weighted by Crippen LogP contribution is -2.31. The van der Waals surface area contributed by atoms with Crippen LogP contribution in [-0.2, 0) is 24.2 Å². The Labute approximate surface area is 167 Å². The van der Waals surface area contributed by atoms with Gasteiger partial charge < -0.3 is 0 Å². The van der Waals surface area contributed by atoms with E-state index >= 15 is 0 Å². The van der Waals surface area contributed by atoms with Crippen molar-refractivity contribution < 1.29 is 4.79 Å². The molecule has 4 aromatic rings. The first-order chi connectivity index (χ1) is 14.3. The lowest BCUT2D eigenvalue weighted by molar-refractivity contribution is -0.118. The predicted molar refractivity (Wildman–Crippen MR) is 108 cm³/mol. The number of hydrogen-bond donors (Lipinski definition) is 0. The number of amides is 1. The van der Waals surface area contributed by atoms with Gasteiger partial charge >= 0.3 is 0 Å². The number of carbonyl (C=O) groups excluding carboxylic acids is 1. The SMILES string of the molecule is O=C(Cn1nnc(-c2ccncc2)n1)N1c2ccccc2CCc2ccccc21. The number of tetrazole rings is 1. The molecule has 7 heteroatoms. The lowest BCUT2D eigenvalue weighted by atomic mass is 10.0. The van der Waals surface area contributed by atoms with Gasteiger partial charge in [0.1, 0.15) is 6.54 Å². The predicted octanol–water partition coefficient (Wildman–Crippen LogP) is 3.20. The molecule has 3 heterocycles. The van der Waals surface area contributed by atoms with Crippen molar-refractivity contribution in [3.63, 3.8) is 0 Å². The Morgan fingerprint density at radius 1 is 0.862 bits per heavy atom. The fourth-order valence-corrected chi connectivity index (χ4v) is 3.67. The van der Waals surface area contributed by atoms with E-state index in [0.29, 0.717) is 5.82 Å². The van der Waals surface area contributed by atoms with E-state index in [1.807, 2.05) is 48.5 Å². The van der Waals surface area contributed by atoms with Gasteiger partial charge in [-0.05, 0) is 53.4 Å². The molecule has 0 radical (unpaired) electrons. The van der Waals surface area contributed by atoms with Crippen LogP contribution in [0.4, 0.5) is 11.4 Å². The summed E-state index contributed by atoms with van der Waals surface area (Å²) in [4.78, 5) is 20.5. The van der Waals surface area contributed by atoms with Crippen LogP contribution in [0.1, 0.15) is 11.1 Å². The monoisotopic (exact) mass is 382 g/mol. The fraction of sp³-hybridized carbons (Fsp3) is 0.136. The van der Waals surface area contributed by atoms with Gasteiger partial charge in [-0.3, -0.25) is 14.7 Å². The third kappa shape index (κ3) is 3.27. The molecule has 0 N–H and O–H groups in total. The lowest BCUT2D eigenvalue weighted by Gasteiger charge is -2.24. The summed E-state index contributed by atoms with van der Waals surface area (Å²) in [5.41, 5.74) is 4.94. The van der Waals surface area contributed by atoms with E-state index in [2.05, 4.69) is 32.5 Å². The molecule has 0 spiro atoms. The van der Waals surface area contributed by atoms with Gasteiger partial charge in [0, 0.05) is 18.0 Å². The van der Waals surface area contributed by atoms with Gasteiger partial charge in [-0.2, -0.15) is 4.80 Å². The third-order valence-electron chi connectivity index (χ3n) is 5.05. The highest BCUT2D eigenvalue weighted by atomic mass is 16.2. The summed E-state index contributed by atoms with van der Waals surface area (Å²) in [5, 5.41) is 12.5. The number of aryl methyl sites for hydroxylation is 2. The molecular formula is C22H18N6O. The number of fused-ring (bicyclic) bond motifs is 2. The number of aromatic nitrogens is 5. The van der Waals surface area contributed by atoms with Crippen molar-refractivity contribution in [1.82, 2.24) is 25.2 Å². The van der Waals surface area contributed by atoms with Gasteiger partial charge in [0.2, 0.25) is 5.82 Å². The molecule has 1 amide bonds. The second-order valence-corrected chi connectivity index (χ2v) is 6.87. The molecule has 0 saturated heterocycles. The average molecular weight is 382 g/mol. The second kappa shape index (κ2) is 7.27. The maximum atomic E-state index is 13.4. The zero-order chi connectivity index (χ0) is 19.6. The number of hydrogen-bond acceptors (Lipinski definition) is 5. The highest BCUT2D eigenvalue weighted by Gasteiger charge is 2.26. The molecule has 0 fully saturated rings. The zero-order valence-corrected chi connectivity index (χ0v) is 15.6. The Kier molecular flexibility index (Phi) is 4.32. The highest BCUT2D eigenvalue weighted by Crippen LogP contribution is 2.36. The van der Waals surface area contributed by atoms with E-state index in [0.717, 1.165) is 40.9 Å². The Bertz CT molecular complexity index is 1120. The van der Waals surface area contributed by atoms with Crippen LogP contribution >= 0.6 is 0 Å². The summed E-state index contributed by atoms with van der Waals surface area (Å²) in [6.45, 7) is 0.000746. The minimum Gasteiger partial charge on any atom is -0.279 e. The Balaban J connectivity index is 1.49. The first kappa shape index (κ1) is 17.2. The molecule has 0 atom stereocenters. The van der Waals surface area contributed by atoms with Crippen molar-refractivity contribution in [2.45, 2.75) is 19.4 Å². The maximum absolute atomic E-state index is 13.4. The fourth-order valence-electron chi connectivity index (χ4n) is 3.67. The normalized spacial score (nSPS) is 12.8. The Hall–Kier alpha value is -3.87. The van der Waals surface area contributed by atoms with Crippen molar-refractivity contribution in [3.05, 3.63) is 84.2 Å². The standard InChI is InChI=1S/C22H18N6O/c29-21(15-27-25-22(24-26-27)18-11-13-23-14-12-18)28-19-7-3-1-5-16(19)9-10-17-6-2-4-8-20(17)28/h1-8,11-14H,9-10,15H2. The van der Waals surface area contributed by atoms with Gasteiger partial charge in [0.15, 0.2) is 0 Å². The van der Waals surface area contributed by atoms with Gasteiger partial charge in [0.05, 0.1) is 11.4 Å². The van der Waals surface area contributed by atoms with Crippen molar-refractivity contribution >= 4 is 17.3 Å². The Morgan fingerprint density at radius 2 is 1.48 bits per heavy atom. The van der Waals surface area contributed by atoms with E-state index in [1.165, 1.54) is 4.80 Å². The number of anilines is 2. The minimum absolute atomic E-state index is 0.000746. The summed E-state index contributed by atoms with van der Waals surface area (Å²) in [5.74, 6) is 0.363. The molecule has 2 aromatic heterocycles. The van der Waals surface area contributed by atoms with Crippen LogP contribution in [0, 0.1) is 0 Å². The second-order valence-electron chi connectivity index (χ2n) is 6.87. The van der Waals surface area contributed by atoms with E-state index < -0.39 is 0 Å². The molecule has 142 valence electrons. The van der Waals surface area contributed by atoms with Crippen molar-refractivity contribution in [2.24, 2.45) is 0 Å².